The third-order valence-electron chi connectivity index (χ3n) is 3.64. The standard InChI is InChI=1S/C15H19N3/c1-11-5-6-13-12(9-11)10-14(17-15(13)16-2)18-7-3-4-8-18/h5-6,9-10H,3-4,7-8H2,1-2H3,(H,16,17). The molecular weight excluding hydrogens is 222 g/mol. The van der Waals surface area contributed by atoms with Crippen molar-refractivity contribution in [3.05, 3.63) is 29.8 Å². The zero-order valence-electron chi connectivity index (χ0n) is 11.0. The minimum atomic E-state index is 0.981. The van der Waals surface area contributed by atoms with Crippen molar-refractivity contribution in [2.45, 2.75) is 19.8 Å². The van der Waals surface area contributed by atoms with Gasteiger partial charge in [-0.3, -0.25) is 0 Å². The van der Waals surface area contributed by atoms with Crippen LogP contribution in [0.1, 0.15) is 18.4 Å². The highest BCUT2D eigenvalue weighted by Gasteiger charge is 2.15. The molecule has 2 aromatic rings. The molecule has 2 heterocycles. The van der Waals surface area contributed by atoms with Crippen molar-refractivity contribution < 1.29 is 0 Å². The number of nitrogens with zero attached hydrogens (tertiary/aromatic N) is 2. The maximum Gasteiger partial charge on any atom is 0.136 e. The highest BCUT2D eigenvalue weighted by molar-refractivity contribution is 5.94. The van der Waals surface area contributed by atoms with Crippen LogP contribution in [0.5, 0.6) is 0 Å². The number of nitrogens with one attached hydrogen (secondary N) is 1. The Morgan fingerprint density at radius 2 is 1.94 bits per heavy atom. The third kappa shape index (κ3) is 1.90. The second-order valence-electron chi connectivity index (χ2n) is 5.00. The molecule has 0 spiro atoms. The lowest BCUT2D eigenvalue weighted by molar-refractivity contribution is 0.941. The zero-order chi connectivity index (χ0) is 12.5. The van der Waals surface area contributed by atoms with Gasteiger partial charge in [0.15, 0.2) is 0 Å². The van der Waals surface area contributed by atoms with E-state index in [1.165, 1.54) is 29.2 Å². The van der Waals surface area contributed by atoms with E-state index < -0.39 is 0 Å². The summed E-state index contributed by atoms with van der Waals surface area (Å²) in [6.45, 7) is 4.40. The van der Waals surface area contributed by atoms with E-state index >= 15 is 0 Å². The smallest absolute Gasteiger partial charge is 0.136 e. The van der Waals surface area contributed by atoms with Crippen molar-refractivity contribution in [3.63, 3.8) is 0 Å². The minimum Gasteiger partial charge on any atom is -0.373 e. The molecule has 0 atom stereocenters. The van der Waals surface area contributed by atoms with Crippen LogP contribution >= 0.6 is 0 Å². The molecule has 0 bridgehead atoms. The van der Waals surface area contributed by atoms with Crippen LogP contribution in [-0.2, 0) is 0 Å². The Morgan fingerprint density at radius 1 is 1.17 bits per heavy atom. The van der Waals surface area contributed by atoms with Crippen LogP contribution < -0.4 is 10.2 Å². The molecule has 18 heavy (non-hydrogen) atoms. The SMILES string of the molecule is CNc1nc(N2CCCC2)cc2cc(C)ccc12. The Kier molecular flexibility index (Phi) is 2.82. The molecular formula is C15H19N3. The summed E-state index contributed by atoms with van der Waals surface area (Å²) in [5.41, 5.74) is 1.29. The first-order valence-electron chi connectivity index (χ1n) is 6.62. The second kappa shape index (κ2) is 4.48. The summed E-state index contributed by atoms with van der Waals surface area (Å²) in [5.74, 6) is 2.09. The lowest BCUT2D eigenvalue weighted by atomic mass is 10.1. The van der Waals surface area contributed by atoms with E-state index in [2.05, 4.69) is 41.4 Å². The van der Waals surface area contributed by atoms with Gasteiger partial charge in [0.2, 0.25) is 0 Å². The maximum atomic E-state index is 4.75. The number of fused-ring (bicyclic) bond motifs is 1. The van der Waals surface area contributed by atoms with Crippen molar-refractivity contribution in [3.8, 4) is 0 Å². The number of anilines is 2. The van der Waals surface area contributed by atoms with Crippen LogP contribution in [0.4, 0.5) is 11.6 Å². The summed E-state index contributed by atoms with van der Waals surface area (Å²) in [7, 11) is 1.94. The van der Waals surface area contributed by atoms with Crippen molar-refractivity contribution in [1.29, 1.82) is 0 Å². The molecule has 1 aromatic carbocycles. The van der Waals surface area contributed by atoms with Gasteiger partial charge in [0, 0.05) is 25.5 Å². The van der Waals surface area contributed by atoms with Crippen molar-refractivity contribution in [2.24, 2.45) is 0 Å². The molecule has 1 aromatic heterocycles. The molecule has 3 rings (SSSR count). The molecule has 3 nitrogen and oxygen atoms in total. The van der Waals surface area contributed by atoms with Gasteiger partial charge in [-0.2, -0.15) is 0 Å². The molecule has 0 amide bonds. The summed E-state index contributed by atoms with van der Waals surface area (Å²) in [6, 6.07) is 8.74. The molecule has 0 radical (unpaired) electrons. The molecule has 3 heteroatoms. The quantitative estimate of drug-likeness (QED) is 0.875. The monoisotopic (exact) mass is 241 g/mol. The van der Waals surface area contributed by atoms with Crippen LogP contribution in [0.25, 0.3) is 10.8 Å². The Hall–Kier alpha value is -1.77. The largest absolute Gasteiger partial charge is 0.373 e. The van der Waals surface area contributed by atoms with Crippen molar-refractivity contribution in [1.82, 2.24) is 4.98 Å². The highest BCUT2D eigenvalue weighted by Crippen LogP contribution is 2.28. The van der Waals surface area contributed by atoms with Crippen LogP contribution in [0, 0.1) is 6.92 Å². The molecule has 0 unspecified atom stereocenters. The van der Waals surface area contributed by atoms with Crippen LogP contribution in [0.3, 0.4) is 0 Å². The summed E-state index contributed by atoms with van der Waals surface area (Å²) in [4.78, 5) is 7.12. The minimum absolute atomic E-state index is 0.981. The molecule has 0 saturated carbocycles. The van der Waals surface area contributed by atoms with Gasteiger partial charge in [-0.15, -0.1) is 0 Å². The summed E-state index contributed by atoms with van der Waals surface area (Å²) in [5, 5.41) is 5.69. The van der Waals surface area contributed by atoms with Gasteiger partial charge in [0.25, 0.3) is 0 Å². The number of aryl methyl sites for hydroxylation is 1. The molecule has 1 aliphatic rings. The Labute approximate surface area is 108 Å². The molecule has 94 valence electrons. The predicted octanol–water partition coefficient (Wildman–Crippen LogP) is 3.19. The number of hydrogen-bond donors (Lipinski definition) is 1. The Bertz CT molecular complexity index is 571. The van der Waals surface area contributed by atoms with Gasteiger partial charge in [0.05, 0.1) is 0 Å². The highest BCUT2D eigenvalue weighted by atomic mass is 15.2. The normalized spacial score (nSPS) is 15.3. The van der Waals surface area contributed by atoms with Gasteiger partial charge in [-0.1, -0.05) is 23.8 Å². The van der Waals surface area contributed by atoms with Gasteiger partial charge < -0.3 is 10.2 Å². The first-order chi connectivity index (χ1) is 8.78. The Morgan fingerprint density at radius 3 is 2.67 bits per heavy atom. The number of benzene rings is 1. The summed E-state index contributed by atoms with van der Waals surface area (Å²) >= 11 is 0. The van der Waals surface area contributed by atoms with E-state index in [1.807, 2.05) is 7.05 Å². The van der Waals surface area contributed by atoms with Crippen LogP contribution in [0.2, 0.25) is 0 Å². The molecule has 1 fully saturated rings. The Balaban J connectivity index is 2.15. The van der Waals surface area contributed by atoms with Gasteiger partial charge in [-0.25, -0.2) is 4.98 Å². The average molecular weight is 241 g/mol. The van der Waals surface area contributed by atoms with Gasteiger partial charge in [-0.05, 0) is 31.2 Å². The number of rotatable bonds is 2. The third-order valence-corrected chi connectivity index (χ3v) is 3.64. The lowest BCUT2D eigenvalue weighted by Crippen LogP contribution is -2.19. The maximum absolute atomic E-state index is 4.75. The molecule has 1 N–H and O–H groups in total. The number of hydrogen-bond acceptors (Lipinski definition) is 3. The fourth-order valence-electron chi connectivity index (χ4n) is 2.66. The van der Waals surface area contributed by atoms with E-state index in [0.29, 0.717) is 0 Å². The van der Waals surface area contributed by atoms with Crippen LogP contribution in [-0.4, -0.2) is 25.1 Å². The van der Waals surface area contributed by atoms with Gasteiger partial charge >= 0.3 is 0 Å². The van der Waals surface area contributed by atoms with Crippen molar-refractivity contribution in [2.75, 3.05) is 30.4 Å². The van der Waals surface area contributed by atoms with E-state index in [0.717, 1.165) is 24.7 Å². The fraction of sp³-hybridized carbons (Fsp3) is 0.400. The van der Waals surface area contributed by atoms with E-state index in [-0.39, 0.29) is 0 Å². The predicted molar refractivity (Wildman–Crippen MR) is 77.5 cm³/mol. The van der Waals surface area contributed by atoms with E-state index in [9.17, 15) is 0 Å². The first-order valence-corrected chi connectivity index (χ1v) is 6.62. The van der Waals surface area contributed by atoms with E-state index in [4.69, 9.17) is 4.98 Å². The zero-order valence-corrected chi connectivity index (χ0v) is 11.0. The summed E-state index contributed by atoms with van der Waals surface area (Å²) < 4.78 is 0. The molecule has 1 saturated heterocycles. The van der Waals surface area contributed by atoms with E-state index in [1.54, 1.807) is 0 Å². The number of pyridine rings is 1. The van der Waals surface area contributed by atoms with Crippen LogP contribution in [0.15, 0.2) is 24.3 Å². The first kappa shape index (κ1) is 11.3. The topological polar surface area (TPSA) is 28.2 Å². The lowest BCUT2D eigenvalue weighted by Gasteiger charge is -2.18. The second-order valence-corrected chi connectivity index (χ2v) is 5.00. The van der Waals surface area contributed by atoms with Crippen molar-refractivity contribution >= 4 is 22.4 Å². The average Bonchev–Trinajstić information content (AvgIpc) is 2.90. The molecule has 0 aliphatic carbocycles. The summed E-state index contributed by atoms with van der Waals surface area (Å²) in [6.07, 6.45) is 2.56. The molecule has 1 aliphatic heterocycles. The van der Waals surface area contributed by atoms with Gasteiger partial charge in [0.1, 0.15) is 11.6 Å². The fourth-order valence-corrected chi connectivity index (χ4v) is 2.66. The number of aromatic nitrogens is 1.